The van der Waals surface area contributed by atoms with Gasteiger partial charge in [-0.2, -0.15) is 0 Å². The van der Waals surface area contributed by atoms with E-state index in [2.05, 4.69) is 24.8 Å². The molecule has 0 aliphatic heterocycles. The van der Waals surface area contributed by atoms with Crippen LogP contribution < -0.4 is 5.32 Å². The topological polar surface area (TPSA) is 92.9 Å². The average molecular weight is 381 g/mol. The number of nitrogens with zero attached hydrogens (tertiary/aromatic N) is 4. The summed E-state index contributed by atoms with van der Waals surface area (Å²) in [6.07, 6.45) is 7.74. The first kappa shape index (κ1) is 18.1. The largest absolute Gasteiger partial charge is 0.465 e. The fourth-order valence-electron chi connectivity index (χ4n) is 3.72. The van der Waals surface area contributed by atoms with Gasteiger partial charge in [0.15, 0.2) is 0 Å². The number of hydrogen-bond acceptors (Lipinski definition) is 4. The molecule has 144 valence electrons. The summed E-state index contributed by atoms with van der Waals surface area (Å²) < 4.78 is 15.5. The normalized spacial score (nSPS) is 14.8. The number of benzene rings is 1. The number of carbonyl (C=O) groups is 1. The molecule has 2 heterocycles. The van der Waals surface area contributed by atoms with Crippen LogP contribution in [0.2, 0.25) is 0 Å². The van der Waals surface area contributed by atoms with E-state index in [4.69, 9.17) is 5.11 Å². The van der Waals surface area contributed by atoms with E-state index in [1.54, 1.807) is 24.5 Å². The van der Waals surface area contributed by atoms with Crippen molar-refractivity contribution < 1.29 is 14.3 Å². The molecule has 0 saturated heterocycles. The van der Waals surface area contributed by atoms with Gasteiger partial charge in [0.25, 0.3) is 0 Å². The van der Waals surface area contributed by atoms with Gasteiger partial charge in [-0.25, -0.2) is 24.1 Å². The maximum Gasteiger partial charge on any atom is 0.411 e. The summed E-state index contributed by atoms with van der Waals surface area (Å²) in [6, 6.07) is 8.20. The van der Waals surface area contributed by atoms with Crippen LogP contribution in [0.25, 0.3) is 22.6 Å². The van der Waals surface area contributed by atoms with Gasteiger partial charge in [0.2, 0.25) is 5.95 Å². The third-order valence-corrected chi connectivity index (χ3v) is 5.00. The zero-order chi connectivity index (χ0) is 19.5. The summed E-state index contributed by atoms with van der Waals surface area (Å²) in [5.41, 5.74) is 2.82. The highest BCUT2D eigenvalue weighted by molar-refractivity contribution is 5.81. The SMILES string of the molecule is O=C(O)Nc1nccc(-c2c(-c3ccc(F)cc3)ncn2C2CCCCC2)n1. The molecule has 1 saturated carbocycles. The molecular weight excluding hydrogens is 361 g/mol. The van der Waals surface area contributed by atoms with Crippen LogP contribution >= 0.6 is 0 Å². The Balaban J connectivity index is 1.83. The minimum absolute atomic E-state index is 0.00597. The molecule has 7 nitrogen and oxygen atoms in total. The van der Waals surface area contributed by atoms with Gasteiger partial charge in [-0.3, -0.25) is 5.32 Å². The highest BCUT2D eigenvalue weighted by Crippen LogP contribution is 2.37. The van der Waals surface area contributed by atoms with Crippen molar-refractivity contribution in [1.29, 1.82) is 0 Å². The first-order valence-corrected chi connectivity index (χ1v) is 9.28. The van der Waals surface area contributed by atoms with Gasteiger partial charge in [-0.15, -0.1) is 0 Å². The van der Waals surface area contributed by atoms with Crippen LogP contribution in [0.4, 0.5) is 15.1 Å². The number of carboxylic acid groups (broad SMARTS) is 1. The van der Waals surface area contributed by atoms with Crippen molar-refractivity contribution in [2.75, 3.05) is 5.32 Å². The summed E-state index contributed by atoms with van der Waals surface area (Å²) in [5.74, 6) is -0.307. The van der Waals surface area contributed by atoms with Gasteiger partial charge in [0.1, 0.15) is 5.82 Å². The highest BCUT2D eigenvalue weighted by atomic mass is 19.1. The van der Waals surface area contributed by atoms with Crippen LogP contribution in [0.3, 0.4) is 0 Å². The first-order chi connectivity index (χ1) is 13.6. The molecule has 1 aliphatic rings. The van der Waals surface area contributed by atoms with Gasteiger partial charge in [-0.1, -0.05) is 19.3 Å². The van der Waals surface area contributed by atoms with Crippen molar-refractivity contribution in [3.8, 4) is 22.6 Å². The molecule has 1 aromatic carbocycles. The Bertz CT molecular complexity index is 981. The molecule has 3 aromatic rings. The van der Waals surface area contributed by atoms with Gasteiger partial charge < -0.3 is 9.67 Å². The molecular formula is C20H20FN5O2. The molecule has 2 N–H and O–H groups in total. The number of hydrogen-bond donors (Lipinski definition) is 2. The van der Waals surface area contributed by atoms with Crippen molar-refractivity contribution in [2.24, 2.45) is 0 Å². The lowest BCUT2D eigenvalue weighted by Crippen LogP contribution is -2.14. The minimum atomic E-state index is -1.23. The van der Waals surface area contributed by atoms with Crippen molar-refractivity contribution in [3.05, 3.63) is 48.7 Å². The van der Waals surface area contributed by atoms with Gasteiger partial charge in [0.05, 0.1) is 23.4 Å². The standard InChI is InChI=1S/C20H20FN5O2/c21-14-8-6-13(7-9-14)17-18(16-10-11-22-19(24-16)25-20(27)28)26(12-23-17)15-4-2-1-3-5-15/h6-12,15H,1-5H2,(H,27,28)(H,22,24,25). The second kappa shape index (κ2) is 7.75. The summed E-state index contributed by atoms with van der Waals surface area (Å²) in [5, 5.41) is 11.1. The molecule has 2 aromatic heterocycles. The van der Waals surface area contributed by atoms with Gasteiger partial charge in [-0.05, 0) is 43.2 Å². The lowest BCUT2D eigenvalue weighted by molar-refractivity contribution is 0.209. The van der Waals surface area contributed by atoms with E-state index in [-0.39, 0.29) is 11.8 Å². The Morgan fingerprint density at radius 2 is 1.86 bits per heavy atom. The van der Waals surface area contributed by atoms with Crippen LogP contribution in [0, 0.1) is 5.82 Å². The zero-order valence-electron chi connectivity index (χ0n) is 15.2. The number of imidazole rings is 1. The van der Waals surface area contributed by atoms with E-state index in [0.29, 0.717) is 17.4 Å². The van der Waals surface area contributed by atoms with Crippen LogP contribution in [0.1, 0.15) is 38.1 Å². The fraction of sp³-hybridized carbons (Fsp3) is 0.300. The van der Waals surface area contributed by atoms with Crippen LogP contribution in [0.5, 0.6) is 0 Å². The van der Waals surface area contributed by atoms with Crippen molar-refractivity contribution in [2.45, 2.75) is 38.1 Å². The third-order valence-electron chi connectivity index (χ3n) is 5.00. The molecule has 8 heteroatoms. The number of aromatic nitrogens is 4. The summed E-state index contributed by atoms with van der Waals surface area (Å²) in [6.45, 7) is 0. The average Bonchev–Trinajstić information content (AvgIpc) is 3.14. The number of nitrogens with one attached hydrogen (secondary N) is 1. The van der Waals surface area contributed by atoms with Gasteiger partial charge in [0, 0.05) is 17.8 Å². The number of rotatable bonds is 4. The third kappa shape index (κ3) is 3.71. The van der Waals surface area contributed by atoms with Crippen LogP contribution in [-0.4, -0.2) is 30.7 Å². The number of amides is 1. The molecule has 4 rings (SSSR count). The molecule has 0 atom stereocenters. The van der Waals surface area contributed by atoms with Gasteiger partial charge >= 0.3 is 6.09 Å². The molecule has 0 unspecified atom stereocenters. The quantitative estimate of drug-likeness (QED) is 0.681. The minimum Gasteiger partial charge on any atom is -0.465 e. The molecule has 0 bridgehead atoms. The molecule has 28 heavy (non-hydrogen) atoms. The maximum absolute atomic E-state index is 13.4. The smallest absolute Gasteiger partial charge is 0.411 e. The predicted octanol–water partition coefficient (Wildman–Crippen LogP) is 4.74. The number of halogens is 1. The Hall–Kier alpha value is -3.29. The molecule has 0 spiro atoms. The Kier molecular flexibility index (Phi) is 5.01. The van der Waals surface area contributed by atoms with E-state index < -0.39 is 6.09 Å². The zero-order valence-corrected chi connectivity index (χ0v) is 15.2. The van der Waals surface area contributed by atoms with E-state index in [0.717, 1.165) is 36.9 Å². The van der Waals surface area contributed by atoms with Crippen LogP contribution in [0.15, 0.2) is 42.9 Å². The van der Waals surface area contributed by atoms with E-state index >= 15 is 0 Å². The van der Waals surface area contributed by atoms with Crippen molar-refractivity contribution in [3.63, 3.8) is 0 Å². The maximum atomic E-state index is 13.4. The van der Waals surface area contributed by atoms with E-state index in [1.165, 1.54) is 24.8 Å². The Morgan fingerprint density at radius 1 is 1.11 bits per heavy atom. The predicted molar refractivity (Wildman–Crippen MR) is 102 cm³/mol. The fourth-order valence-corrected chi connectivity index (χ4v) is 3.72. The summed E-state index contributed by atoms with van der Waals surface area (Å²) in [7, 11) is 0. The molecule has 1 fully saturated rings. The lowest BCUT2D eigenvalue weighted by Gasteiger charge is -2.25. The van der Waals surface area contributed by atoms with E-state index in [9.17, 15) is 9.18 Å². The summed E-state index contributed by atoms with van der Waals surface area (Å²) in [4.78, 5) is 23.9. The second-order valence-electron chi connectivity index (χ2n) is 6.84. The Morgan fingerprint density at radius 3 is 2.57 bits per heavy atom. The Labute approximate surface area is 161 Å². The molecule has 0 radical (unpaired) electrons. The second-order valence-corrected chi connectivity index (χ2v) is 6.84. The van der Waals surface area contributed by atoms with E-state index in [1.807, 2.05) is 0 Å². The lowest BCUT2D eigenvalue weighted by atomic mass is 9.95. The highest BCUT2D eigenvalue weighted by Gasteiger charge is 2.23. The first-order valence-electron chi connectivity index (χ1n) is 9.28. The summed E-state index contributed by atoms with van der Waals surface area (Å²) >= 11 is 0. The van der Waals surface area contributed by atoms with Crippen molar-refractivity contribution in [1.82, 2.24) is 19.5 Å². The molecule has 1 aliphatic carbocycles. The molecule has 1 amide bonds. The number of anilines is 1. The monoisotopic (exact) mass is 381 g/mol. The van der Waals surface area contributed by atoms with Crippen LogP contribution in [-0.2, 0) is 0 Å². The van der Waals surface area contributed by atoms with Crippen molar-refractivity contribution >= 4 is 12.0 Å².